The molecule has 1 atom stereocenters. The van der Waals surface area contributed by atoms with Gasteiger partial charge in [-0.3, -0.25) is 9.59 Å². The Morgan fingerprint density at radius 3 is 2.70 bits per heavy atom. The number of ether oxygens (including phenoxy) is 1. The molecular weight excluding hydrogens is 260 g/mol. The Labute approximate surface area is 117 Å². The lowest BCUT2D eigenvalue weighted by Crippen LogP contribution is -2.40. The van der Waals surface area contributed by atoms with E-state index in [1.807, 2.05) is 0 Å². The zero-order chi connectivity index (χ0) is 14.4. The van der Waals surface area contributed by atoms with E-state index in [1.165, 1.54) is 0 Å². The van der Waals surface area contributed by atoms with Crippen LogP contribution in [0, 0.1) is 0 Å². The topological polar surface area (TPSA) is 87.7 Å². The van der Waals surface area contributed by atoms with Crippen LogP contribution < -0.4 is 10.6 Å². The number of morpholine rings is 1. The number of nitrogens with one attached hydrogen (secondary N) is 2. The second-order valence-electron chi connectivity index (χ2n) is 4.72. The largest absolute Gasteiger partial charge is 0.481 e. The maximum absolute atomic E-state index is 11.8. The number of carbonyl (C=O) groups excluding carboxylic acids is 1. The highest BCUT2D eigenvalue weighted by Crippen LogP contribution is 2.11. The maximum atomic E-state index is 11.8. The minimum absolute atomic E-state index is 0.0180. The number of hydrogen-bond donors (Lipinski definition) is 3. The lowest BCUT2D eigenvalue weighted by molar-refractivity contribution is -0.136. The normalized spacial score (nSPS) is 18.5. The Kier molecular flexibility index (Phi) is 5.09. The Hall–Kier alpha value is -1.92. The molecule has 0 saturated carbocycles. The summed E-state index contributed by atoms with van der Waals surface area (Å²) in [5.74, 6) is -0.978. The van der Waals surface area contributed by atoms with E-state index < -0.39 is 5.97 Å². The average molecular weight is 278 g/mol. The Bertz CT molecular complexity index is 467. The first-order valence-electron chi connectivity index (χ1n) is 6.56. The van der Waals surface area contributed by atoms with Gasteiger partial charge < -0.3 is 20.5 Å². The number of rotatable bonds is 5. The molecule has 6 nitrogen and oxygen atoms in total. The second kappa shape index (κ2) is 7.02. The molecule has 1 amide bonds. The fourth-order valence-corrected chi connectivity index (χ4v) is 2.05. The highest BCUT2D eigenvalue weighted by molar-refractivity contribution is 5.91. The fourth-order valence-electron chi connectivity index (χ4n) is 2.05. The SMILES string of the molecule is O=C(O)Cc1ccc(NC(=O)CC2CNCCO2)cc1. The van der Waals surface area contributed by atoms with Gasteiger partial charge >= 0.3 is 5.97 Å². The zero-order valence-electron chi connectivity index (χ0n) is 11.1. The molecule has 6 heteroatoms. The summed E-state index contributed by atoms with van der Waals surface area (Å²) in [7, 11) is 0. The Morgan fingerprint density at radius 1 is 1.35 bits per heavy atom. The first-order valence-corrected chi connectivity index (χ1v) is 6.56. The summed E-state index contributed by atoms with van der Waals surface area (Å²) in [5.41, 5.74) is 1.36. The van der Waals surface area contributed by atoms with Crippen LogP contribution in [0.2, 0.25) is 0 Å². The van der Waals surface area contributed by atoms with Gasteiger partial charge in [0.2, 0.25) is 5.91 Å². The molecule has 108 valence electrons. The van der Waals surface area contributed by atoms with E-state index in [0.29, 0.717) is 30.8 Å². The van der Waals surface area contributed by atoms with E-state index in [-0.39, 0.29) is 18.4 Å². The summed E-state index contributed by atoms with van der Waals surface area (Å²) >= 11 is 0. The molecule has 0 aliphatic carbocycles. The molecule has 1 fully saturated rings. The van der Waals surface area contributed by atoms with Crippen LogP contribution in [0.4, 0.5) is 5.69 Å². The molecule has 0 spiro atoms. The van der Waals surface area contributed by atoms with Gasteiger partial charge in [-0.15, -0.1) is 0 Å². The molecule has 1 aliphatic rings. The smallest absolute Gasteiger partial charge is 0.307 e. The van der Waals surface area contributed by atoms with Gasteiger partial charge in [-0.2, -0.15) is 0 Å². The molecule has 3 N–H and O–H groups in total. The highest BCUT2D eigenvalue weighted by Gasteiger charge is 2.17. The van der Waals surface area contributed by atoms with Crippen LogP contribution in [0.25, 0.3) is 0 Å². The molecule has 1 aromatic carbocycles. The number of carboxylic acids is 1. The summed E-state index contributed by atoms with van der Waals surface area (Å²) in [4.78, 5) is 22.4. The molecule has 1 aromatic rings. The number of anilines is 1. The van der Waals surface area contributed by atoms with E-state index in [4.69, 9.17) is 9.84 Å². The monoisotopic (exact) mass is 278 g/mol. The second-order valence-corrected chi connectivity index (χ2v) is 4.72. The molecule has 1 aliphatic heterocycles. The van der Waals surface area contributed by atoms with E-state index >= 15 is 0 Å². The lowest BCUT2D eigenvalue weighted by atomic mass is 10.1. The minimum Gasteiger partial charge on any atom is -0.481 e. The Balaban J connectivity index is 1.82. The van der Waals surface area contributed by atoms with Crippen LogP contribution in [0.15, 0.2) is 24.3 Å². The van der Waals surface area contributed by atoms with Crippen molar-refractivity contribution < 1.29 is 19.4 Å². The zero-order valence-corrected chi connectivity index (χ0v) is 11.1. The molecule has 0 aromatic heterocycles. The van der Waals surface area contributed by atoms with Crippen molar-refractivity contribution in [3.63, 3.8) is 0 Å². The minimum atomic E-state index is -0.872. The summed E-state index contributed by atoms with van der Waals surface area (Å²) in [6.07, 6.45) is 0.203. The van der Waals surface area contributed by atoms with Crippen LogP contribution in [0.5, 0.6) is 0 Å². The van der Waals surface area contributed by atoms with Crippen LogP contribution in [-0.4, -0.2) is 42.8 Å². The molecule has 1 heterocycles. The van der Waals surface area contributed by atoms with Gasteiger partial charge in [0, 0.05) is 18.8 Å². The molecular formula is C14H18N2O4. The highest BCUT2D eigenvalue weighted by atomic mass is 16.5. The van der Waals surface area contributed by atoms with Gasteiger partial charge in [0.1, 0.15) is 0 Å². The summed E-state index contributed by atoms with van der Waals surface area (Å²) in [6, 6.07) is 6.80. The number of hydrogen-bond acceptors (Lipinski definition) is 4. The third kappa shape index (κ3) is 4.64. The molecule has 1 unspecified atom stereocenters. The van der Waals surface area contributed by atoms with Crippen molar-refractivity contribution in [3.05, 3.63) is 29.8 Å². The molecule has 2 rings (SSSR count). The van der Waals surface area contributed by atoms with Crippen molar-refractivity contribution in [3.8, 4) is 0 Å². The number of amides is 1. The summed E-state index contributed by atoms with van der Waals surface area (Å²) in [5, 5.41) is 14.6. The van der Waals surface area contributed by atoms with Crippen LogP contribution in [0.1, 0.15) is 12.0 Å². The van der Waals surface area contributed by atoms with Crippen LogP contribution in [0.3, 0.4) is 0 Å². The van der Waals surface area contributed by atoms with Gasteiger partial charge in [-0.25, -0.2) is 0 Å². The first kappa shape index (κ1) is 14.5. The van der Waals surface area contributed by atoms with Crippen LogP contribution in [-0.2, 0) is 20.7 Å². The van der Waals surface area contributed by atoms with Gasteiger partial charge in [0.15, 0.2) is 0 Å². The third-order valence-electron chi connectivity index (χ3n) is 3.01. The molecule has 0 bridgehead atoms. The number of carboxylic acid groups (broad SMARTS) is 1. The number of benzene rings is 1. The fraction of sp³-hybridized carbons (Fsp3) is 0.429. The van der Waals surface area contributed by atoms with Crippen molar-refractivity contribution in [1.82, 2.24) is 5.32 Å². The van der Waals surface area contributed by atoms with Crippen molar-refractivity contribution in [2.24, 2.45) is 0 Å². The molecule has 1 saturated heterocycles. The van der Waals surface area contributed by atoms with Crippen molar-refractivity contribution >= 4 is 17.6 Å². The van der Waals surface area contributed by atoms with E-state index in [9.17, 15) is 9.59 Å². The van der Waals surface area contributed by atoms with Crippen molar-refractivity contribution in [2.45, 2.75) is 18.9 Å². The molecule has 0 radical (unpaired) electrons. The number of aliphatic carboxylic acids is 1. The van der Waals surface area contributed by atoms with Crippen molar-refractivity contribution in [2.75, 3.05) is 25.0 Å². The quantitative estimate of drug-likeness (QED) is 0.735. The van der Waals surface area contributed by atoms with E-state index in [2.05, 4.69) is 10.6 Å². The average Bonchev–Trinajstić information content (AvgIpc) is 2.41. The van der Waals surface area contributed by atoms with Gasteiger partial charge in [-0.1, -0.05) is 12.1 Å². The third-order valence-corrected chi connectivity index (χ3v) is 3.01. The van der Waals surface area contributed by atoms with E-state index in [1.54, 1.807) is 24.3 Å². The Morgan fingerprint density at radius 2 is 2.10 bits per heavy atom. The molecule has 20 heavy (non-hydrogen) atoms. The van der Waals surface area contributed by atoms with Gasteiger partial charge in [0.05, 0.1) is 25.6 Å². The van der Waals surface area contributed by atoms with E-state index in [0.717, 1.165) is 6.54 Å². The standard InChI is InChI=1S/C14H18N2O4/c17-13(8-12-9-15-5-6-20-12)16-11-3-1-10(2-4-11)7-14(18)19/h1-4,12,15H,5-9H2,(H,16,17)(H,18,19). The summed E-state index contributed by atoms with van der Waals surface area (Å²) < 4.78 is 5.46. The van der Waals surface area contributed by atoms with Gasteiger partial charge in [0.25, 0.3) is 0 Å². The van der Waals surface area contributed by atoms with Crippen LogP contribution >= 0.6 is 0 Å². The maximum Gasteiger partial charge on any atom is 0.307 e. The summed E-state index contributed by atoms with van der Waals surface area (Å²) in [6.45, 7) is 2.13. The predicted octanol–water partition coefficient (Wildman–Crippen LogP) is 0.631. The lowest BCUT2D eigenvalue weighted by Gasteiger charge is -2.23. The predicted molar refractivity (Wildman–Crippen MR) is 73.6 cm³/mol. The first-order chi connectivity index (χ1) is 9.63. The van der Waals surface area contributed by atoms with Crippen molar-refractivity contribution in [1.29, 1.82) is 0 Å². The number of carbonyl (C=O) groups is 2. The van der Waals surface area contributed by atoms with Gasteiger partial charge in [-0.05, 0) is 17.7 Å².